The van der Waals surface area contributed by atoms with Crippen LogP contribution >= 0.6 is 0 Å². The number of methoxy groups -OCH3 is 1. The lowest BCUT2D eigenvalue weighted by molar-refractivity contribution is 0.415. The number of allylic oxidation sites excluding steroid dienone is 4. The quantitative estimate of drug-likeness (QED) is 0.431. The van der Waals surface area contributed by atoms with E-state index in [1.165, 1.54) is 39.0 Å². The Balaban J connectivity index is 1.85. The van der Waals surface area contributed by atoms with Gasteiger partial charge in [-0.15, -0.1) is 0 Å². The van der Waals surface area contributed by atoms with E-state index in [1.54, 1.807) is 7.11 Å². The monoisotopic (exact) mass is 378 g/mol. The smallest absolute Gasteiger partial charge is 0.118 e. The first-order chi connectivity index (χ1) is 14.3. The first-order valence-corrected chi connectivity index (χ1v) is 10.2. The van der Waals surface area contributed by atoms with Gasteiger partial charge < -0.3 is 4.74 Å². The fraction of sp³-hybridized carbons (Fsp3) is 0.143. The summed E-state index contributed by atoms with van der Waals surface area (Å²) in [5.74, 6) is 0.882. The molecule has 0 heterocycles. The van der Waals surface area contributed by atoms with Gasteiger partial charge in [0.05, 0.1) is 7.11 Å². The van der Waals surface area contributed by atoms with Crippen LogP contribution in [0.4, 0.5) is 0 Å². The molecule has 1 nitrogen and oxygen atoms in total. The third kappa shape index (κ3) is 4.09. The Labute approximate surface area is 173 Å². The fourth-order valence-corrected chi connectivity index (χ4v) is 3.78. The zero-order chi connectivity index (χ0) is 20.1. The van der Waals surface area contributed by atoms with Crippen LogP contribution in [0.5, 0.6) is 5.75 Å². The second-order valence-corrected chi connectivity index (χ2v) is 7.25. The number of hydrogen-bond acceptors (Lipinski definition) is 1. The lowest BCUT2D eigenvalue weighted by atomic mass is 9.90. The summed E-state index contributed by atoms with van der Waals surface area (Å²) in [7, 11) is 1.71. The van der Waals surface area contributed by atoms with Crippen LogP contribution in [-0.2, 0) is 0 Å². The van der Waals surface area contributed by atoms with Gasteiger partial charge in [-0.05, 0) is 69.7 Å². The van der Waals surface area contributed by atoms with Crippen LogP contribution in [0, 0.1) is 0 Å². The van der Waals surface area contributed by atoms with Crippen molar-refractivity contribution in [2.24, 2.45) is 0 Å². The predicted octanol–water partition coefficient (Wildman–Crippen LogP) is 7.52. The Kier molecular flexibility index (Phi) is 5.76. The van der Waals surface area contributed by atoms with E-state index in [1.807, 2.05) is 12.1 Å². The SMILES string of the molecule is CCC/C=C(\C1=Cc2ccccc2/C1=C\c1ccccc1)c1ccc(OC)cc1. The molecule has 1 aliphatic carbocycles. The molecule has 1 heteroatoms. The highest BCUT2D eigenvalue weighted by molar-refractivity contribution is 6.12. The van der Waals surface area contributed by atoms with Gasteiger partial charge in [0, 0.05) is 0 Å². The molecule has 4 rings (SSSR count). The normalized spacial score (nSPS) is 14.6. The Hall–Kier alpha value is -3.32. The molecule has 0 fully saturated rings. The van der Waals surface area contributed by atoms with Crippen LogP contribution in [0.15, 0.2) is 90.5 Å². The van der Waals surface area contributed by atoms with E-state index in [0.717, 1.165) is 18.6 Å². The minimum absolute atomic E-state index is 0.882. The van der Waals surface area contributed by atoms with Gasteiger partial charge in [0.2, 0.25) is 0 Å². The van der Waals surface area contributed by atoms with Crippen molar-refractivity contribution in [2.45, 2.75) is 19.8 Å². The van der Waals surface area contributed by atoms with Gasteiger partial charge in [0.25, 0.3) is 0 Å². The molecule has 3 aromatic carbocycles. The molecular formula is C28H26O. The topological polar surface area (TPSA) is 9.23 Å². The summed E-state index contributed by atoms with van der Waals surface area (Å²) in [6.07, 6.45) is 9.18. The molecule has 0 atom stereocenters. The molecule has 144 valence electrons. The zero-order valence-corrected chi connectivity index (χ0v) is 17.1. The van der Waals surface area contributed by atoms with Gasteiger partial charge in [-0.1, -0.05) is 86.2 Å². The van der Waals surface area contributed by atoms with Crippen molar-refractivity contribution in [3.05, 3.63) is 113 Å². The van der Waals surface area contributed by atoms with Crippen LogP contribution in [0.2, 0.25) is 0 Å². The maximum Gasteiger partial charge on any atom is 0.118 e. The first kappa shape index (κ1) is 19.0. The minimum atomic E-state index is 0.882. The predicted molar refractivity (Wildman–Crippen MR) is 125 cm³/mol. The van der Waals surface area contributed by atoms with Gasteiger partial charge in [0.15, 0.2) is 0 Å². The van der Waals surface area contributed by atoms with Crippen molar-refractivity contribution in [3.8, 4) is 5.75 Å². The van der Waals surface area contributed by atoms with Crippen LogP contribution in [-0.4, -0.2) is 7.11 Å². The van der Waals surface area contributed by atoms with Crippen LogP contribution < -0.4 is 4.74 Å². The van der Waals surface area contributed by atoms with Crippen molar-refractivity contribution in [1.29, 1.82) is 0 Å². The summed E-state index contributed by atoms with van der Waals surface area (Å²) in [4.78, 5) is 0. The standard InChI is InChI=1S/C28H26O/c1-3-4-13-25(22-15-17-24(29-2)18-16-22)28-20-23-12-8-9-14-26(23)27(28)19-21-10-6-5-7-11-21/h5-20H,3-4H2,1-2H3/b25-13-,27-19+. The molecule has 29 heavy (non-hydrogen) atoms. The number of unbranched alkanes of at least 4 members (excludes halogenated alkanes) is 1. The average Bonchev–Trinajstić information content (AvgIpc) is 3.13. The number of rotatable bonds is 6. The lowest BCUT2D eigenvalue weighted by Gasteiger charge is -2.14. The van der Waals surface area contributed by atoms with E-state index < -0.39 is 0 Å². The molecule has 3 aromatic rings. The molecule has 0 aliphatic heterocycles. The summed E-state index contributed by atoms with van der Waals surface area (Å²) in [5.41, 5.74) is 8.86. The molecule has 0 N–H and O–H groups in total. The highest BCUT2D eigenvalue weighted by Crippen LogP contribution is 2.43. The van der Waals surface area contributed by atoms with Crippen LogP contribution in [0.3, 0.4) is 0 Å². The molecule has 0 bridgehead atoms. The molecule has 0 saturated carbocycles. The Bertz CT molecular complexity index is 1070. The maximum atomic E-state index is 5.36. The zero-order valence-electron chi connectivity index (χ0n) is 17.1. The van der Waals surface area contributed by atoms with E-state index in [4.69, 9.17) is 4.74 Å². The largest absolute Gasteiger partial charge is 0.497 e. The summed E-state index contributed by atoms with van der Waals surface area (Å²) < 4.78 is 5.36. The summed E-state index contributed by atoms with van der Waals surface area (Å²) in [5, 5.41) is 0. The van der Waals surface area contributed by atoms with E-state index in [0.29, 0.717) is 0 Å². The minimum Gasteiger partial charge on any atom is -0.497 e. The molecule has 0 amide bonds. The van der Waals surface area contributed by atoms with E-state index in [2.05, 4.69) is 91.9 Å². The third-order valence-electron chi connectivity index (χ3n) is 5.28. The lowest BCUT2D eigenvalue weighted by Crippen LogP contribution is -1.93. The number of hydrogen-bond donors (Lipinski definition) is 0. The second kappa shape index (κ2) is 8.79. The van der Waals surface area contributed by atoms with Crippen molar-refractivity contribution < 1.29 is 4.74 Å². The molecule has 0 spiro atoms. The van der Waals surface area contributed by atoms with Crippen molar-refractivity contribution >= 4 is 23.3 Å². The summed E-state index contributed by atoms with van der Waals surface area (Å²) >= 11 is 0. The highest BCUT2D eigenvalue weighted by atomic mass is 16.5. The highest BCUT2D eigenvalue weighted by Gasteiger charge is 2.22. The number of fused-ring (bicyclic) bond motifs is 1. The molecular weight excluding hydrogens is 352 g/mol. The number of ether oxygens (including phenoxy) is 1. The van der Waals surface area contributed by atoms with Gasteiger partial charge in [-0.25, -0.2) is 0 Å². The molecule has 0 unspecified atom stereocenters. The van der Waals surface area contributed by atoms with E-state index in [-0.39, 0.29) is 0 Å². The molecule has 0 aromatic heterocycles. The molecule has 0 radical (unpaired) electrons. The summed E-state index contributed by atoms with van der Waals surface area (Å²) in [6, 6.07) is 27.6. The first-order valence-electron chi connectivity index (χ1n) is 10.2. The fourth-order valence-electron chi connectivity index (χ4n) is 3.78. The van der Waals surface area contributed by atoms with Crippen molar-refractivity contribution in [3.63, 3.8) is 0 Å². The van der Waals surface area contributed by atoms with Crippen LogP contribution in [0.1, 0.15) is 42.0 Å². The Morgan fingerprint density at radius 1 is 0.862 bits per heavy atom. The van der Waals surface area contributed by atoms with Crippen molar-refractivity contribution in [2.75, 3.05) is 7.11 Å². The molecule has 1 aliphatic rings. The van der Waals surface area contributed by atoms with Gasteiger partial charge in [-0.3, -0.25) is 0 Å². The maximum absolute atomic E-state index is 5.36. The van der Waals surface area contributed by atoms with E-state index >= 15 is 0 Å². The third-order valence-corrected chi connectivity index (χ3v) is 5.28. The van der Waals surface area contributed by atoms with Gasteiger partial charge >= 0.3 is 0 Å². The summed E-state index contributed by atoms with van der Waals surface area (Å²) in [6.45, 7) is 2.22. The van der Waals surface area contributed by atoms with Crippen LogP contribution in [0.25, 0.3) is 23.3 Å². The van der Waals surface area contributed by atoms with Gasteiger partial charge in [-0.2, -0.15) is 0 Å². The Morgan fingerprint density at radius 2 is 1.59 bits per heavy atom. The second-order valence-electron chi connectivity index (χ2n) is 7.25. The average molecular weight is 379 g/mol. The number of benzene rings is 3. The van der Waals surface area contributed by atoms with Crippen molar-refractivity contribution in [1.82, 2.24) is 0 Å². The molecule has 0 saturated heterocycles. The van der Waals surface area contributed by atoms with Gasteiger partial charge in [0.1, 0.15) is 5.75 Å². The van der Waals surface area contributed by atoms with E-state index in [9.17, 15) is 0 Å². The Morgan fingerprint density at radius 3 is 2.31 bits per heavy atom.